The Morgan fingerprint density at radius 3 is 1.55 bits per heavy atom. The fraction of sp³-hybridized carbons (Fsp3) is 0.163. The maximum atomic E-state index is 15.9. The molecule has 0 radical (unpaired) electrons. The average Bonchev–Trinajstić information content (AvgIpc) is 3.47. The molecule has 1 heterocycles. The van der Waals surface area contributed by atoms with Crippen molar-refractivity contribution in [3.05, 3.63) is 157 Å². The second-order valence-electron chi connectivity index (χ2n) is 13.7. The molecule has 0 fully saturated rings. The summed E-state index contributed by atoms with van der Waals surface area (Å²) in [5.74, 6) is -2.89. The highest BCUT2D eigenvalue weighted by Gasteiger charge is 2.65. The third kappa shape index (κ3) is 4.27. The van der Waals surface area contributed by atoms with Gasteiger partial charge in [-0.2, -0.15) is 0 Å². The quantitative estimate of drug-likeness (QED) is 0.186. The Bertz CT molecular complexity index is 2190. The summed E-state index contributed by atoms with van der Waals surface area (Å²) < 4.78 is 34.1. The third-order valence-electron chi connectivity index (χ3n) is 10.3. The van der Waals surface area contributed by atoms with E-state index in [4.69, 9.17) is 0 Å². The van der Waals surface area contributed by atoms with E-state index in [2.05, 4.69) is 100 Å². The predicted octanol–water partition coefficient (Wildman–Crippen LogP) is 12.1. The topological polar surface area (TPSA) is 8.17 Å². The number of aromatic nitrogens is 1. The summed E-state index contributed by atoms with van der Waals surface area (Å²) in [5, 5.41) is 2.36. The van der Waals surface area contributed by atoms with Crippen LogP contribution < -0.4 is 4.90 Å². The number of para-hydroxylation sites is 4. The summed E-state index contributed by atoms with van der Waals surface area (Å²) in [5.41, 5.74) is 6.96. The van der Waals surface area contributed by atoms with Crippen molar-refractivity contribution in [3.63, 3.8) is 0 Å². The van der Waals surface area contributed by atoms with E-state index in [-0.39, 0.29) is 0 Å². The Hall–Kier alpha value is -5.22. The van der Waals surface area contributed by atoms with Gasteiger partial charge in [-0.1, -0.05) is 91.0 Å². The average molecular weight is 619 g/mol. The van der Waals surface area contributed by atoms with Gasteiger partial charge in [0, 0.05) is 33.5 Å². The van der Waals surface area contributed by atoms with Crippen LogP contribution in [-0.2, 0) is 10.8 Å². The number of alkyl halides is 2. The van der Waals surface area contributed by atoms with Gasteiger partial charge in [-0.05, 0) is 105 Å². The molecule has 0 atom stereocenters. The van der Waals surface area contributed by atoms with Crippen molar-refractivity contribution in [2.24, 2.45) is 0 Å². The molecule has 0 saturated carbocycles. The second kappa shape index (κ2) is 10.4. The van der Waals surface area contributed by atoms with Gasteiger partial charge in [0.1, 0.15) is 0 Å². The van der Waals surface area contributed by atoms with E-state index in [9.17, 15) is 0 Å². The van der Waals surface area contributed by atoms with Crippen molar-refractivity contribution in [1.82, 2.24) is 4.57 Å². The van der Waals surface area contributed by atoms with E-state index in [1.165, 1.54) is 10.8 Å². The molecule has 0 N–H and O–H groups in total. The molecule has 0 saturated heterocycles. The van der Waals surface area contributed by atoms with Gasteiger partial charge in [0.25, 0.3) is 5.92 Å². The van der Waals surface area contributed by atoms with E-state index < -0.39 is 16.8 Å². The van der Waals surface area contributed by atoms with Crippen LogP contribution in [0, 0.1) is 0 Å². The van der Waals surface area contributed by atoms with Crippen molar-refractivity contribution >= 4 is 38.9 Å². The van der Waals surface area contributed by atoms with Crippen LogP contribution in [0.4, 0.5) is 25.8 Å². The van der Waals surface area contributed by atoms with Gasteiger partial charge >= 0.3 is 0 Å². The number of rotatable bonds is 5. The van der Waals surface area contributed by atoms with Gasteiger partial charge in [0.05, 0.1) is 21.9 Å². The van der Waals surface area contributed by atoms with Crippen LogP contribution in [-0.4, -0.2) is 10.5 Å². The van der Waals surface area contributed by atoms with Crippen LogP contribution >= 0.6 is 0 Å². The van der Waals surface area contributed by atoms with Crippen LogP contribution in [0.3, 0.4) is 0 Å². The highest BCUT2D eigenvalue weighted by molar-refractivity contribution is 6.09. The fourth-order valence-electron chi connectivity index (χ4n) is 7.73. The monoisotopic (exact) mass is 618 g/mol. The first-order chi connectivity index (χ1) is 22.6. The van der Waals surface area contributed by atoms with E-state index in [0.29, 0.717) is 11.1 Å². The molecule has 0 unspecified atom stereocenters. The van der Waals surface area contributed by atoms with Gasteiger partial charge in [0.2, 0.25) is 0 Å². The lowest BCUT2D eigenvalue weighted by Gasteiger charge is -2.35. The molecule has 1 aliphatic rings. The Morgan fingerprint density at radius 1 is 0.468 bits per heavy atom. The number of halogens is 2. The van der Waals surface area contributed by atoms with E-state index in [0.717, 1.165) is 44.9 Å². The number of benzene rings is 6. The van der Waals surface area contributed by atoms with Crippen molar-refractivity contribution < 1.29 is 8.78 Å². The van der Waals surface area contributed by atoms with Crippen LogP contribution in [0.25, 0.3) is 38.6 Å². The summed E-state index contributed by atoms with van der Waals surface area (Å²) >= 11 is 0. The minimum atomic E-state index is -2.89. The number of hydrogen-bond donors (Lipinski definition) is 0. The standard InChI is InChI=1S/C43H36F2N2/c1-41(2)37-24-23-29(27-38(37)42(3,4)43(41,44)45)30-25-33(46(31-15-7-5-8-16-31)32-17-9-6-10-18-32)28-34(26-30)47-39-21-13-11-19-35(39)36-20-12-14-22-40(36)47/h5-28H,1-4H3. The Balaban J connectivity index is 1.43. The molecule has 8 rings (SSSR count). The minimum absolute atomic E-state index is 0.705. The lowest BCUT2D eigenvalue weighted by Crippen LogP contribution is -2.46. The maximum absolute atomic E-state index is 15.9. The molecule has 232 valence electrons. The molecule has 7 aromatic rings. The molecule has 1 aromatic heterocycles. The van der Waals surface area contributed by atoms with E-state index >= 15 is 8.78 Å². The van der Waals surface area contributed by atoms with Crippen molar-refractivity contribution in [1.29, 1.82) is 0 Å². The maximum Gasteiger partial charge on any atom is 0.266 e. The first-order valence-electron chi connectivity index (χ1n) is 16.2. The molecule has 47 heavy (non-hydrogen) atoms. The normalized spacial score (nSPS) is 16.0. The first kappa shape index (κ1) is 29.2. The van der Waals surface area contributed by atoms with Crippen molar-refractivity contribution in [3.8, 4) is 16.8 Å². The lowest BCUT2D eigenvalue weighted by atomic mass is 9.77. The number of nitrogens with zero attached hydrogens (tertiary/aromatic N) is 2. The molecule has 1 aliphatic carbocycles. The fourth-order valence-corrected chi connectivity index (χ4v) is 7.73. The Morgan fingerprint density at radius 2 is 0.979 bits per heavy atom. The molecule has 0 spiro atoms. The molecule has 6 aromatic carbocycles. The van der Waals surface area contributed by atoms with Gasteiger partial charge in [-0.25, -0.2) is 8.78 Å². The molecule has 0 aliphatic heterocycles. The SMILES string of the molecule is CC1(C)c2ccc(-c3cc(N(c4ccccc4)c4ccccc4)cc(-n4c5ccccc5c5ccccc54)c3)cc2C(C)(C)C1(F)F. The lowest BCUT2D eigenvalue weighted by molar-refractivity contribution is -0.105. The van der Waals surface area contributed by atoms with Gasteiger partial charge < -0.3 is 9.47 Å². The van der Waals surface area contributed by atoms with Gasteiger partial charge in [0.15, 0.2) is 0 Å². The summed E-state index contributed by atoms with van der Waals surface area (Å²) in [4.78, 5) is 2.26. The second-order valence-corrected chi connectivity index (χ2v) is 13.7. The molecule has 0 amide bonds. The first-order valence-corrected chi connectivity index (χ1v) is 16.2. The third-order valence-corrected chi connectivity index (χ3v) is 10.3. The molecule has 2 nitrogen and oxygen atoms in total. The van der Waals surface area contributed by atoms with E-state index in [1.807, 2.05) is 54.6 Å². The summed E-state index contributed by atoms with van der Waals surface area (Å²) in [7, 11) is 0. The van der Waals surface area contributed by atoms with E-state index in [1.54, 1.807) is 27.7 Å². The molecule has 0 bridgehead atoms. The molecular formula is C43H36F2N2. The number of hydrogen-bond acceptors (Lipinski definition) is 1. The van der Waals surface area contributed by atoms with Crippen LogP contribution in [0.2, 0.25) is 0 Å². The van der Waals surface area contributed by atoms with Crippen molar-refractivity contribution in [2.45, 2.75) is 44.4 Å². The molecule has 4 heteroatoms. The van der Waals surface area contributed by atoms with Crippen LogP contribution in [0.1, 0.15) is 38.8 Å². The zero-order valence-electron chi connectivity index (χ0n) is 27.0. The largest absolute Gasteiger partial charge is 0.310 e. The highest BCUT2D eigenvalue weighted by Crippen LogP contribution is 2.60. The van der Waals surface area contributed by atoms with Crippen LogP contribution in [0.15, 0.2) is 146 Å². The zero-order valence-corrected chi connectivity index (χ0v) is 27.0. The zero-order chi connectivity index (χ0) is 32.6. The van der Waals surface area contributed by atoms with Gasteiger partial charge in [-0.15, -0.1) is 0 Å². The minimum Gasteiger partial charge on any atom is -0.310 e. The predicted molar refractivity (Wildman–Crippen MR) is 192 cm³/mol. The number of fused-ring (bicyclic) bond motifs is 4. The number of anilines is 3. The summed E-state index contributed by atoms with van der Waals surface area (Å²) in [6, 6.07) is 50.2. The van der Waals surface area contributed by atoms with Crippen molar-refractivity contribution in [2.75, 3.05) is 4.90 Å². The summed E-state index contributed by atoms with van der Waals surface area (Å²) in [6.07, 6.45) is 0. The van der Waals surface area contributed by atoms with Gasteiger partial charge in [-0.3, -0.25) is 0 Å². The smallest absolute Gasteiger partial charge is 0.266 e. The Kier molecular flexibility index (Phi) is 6.46. The van der Waals surface area contributed by atoms with Crippen LogP contribution in [0.5, 0.6) is 0 Å². The molecular weight excluding hydrogens is 582 g/mol. The Labute approximate surface area is 274 Å². The highest BCUT2D eigenvalue weighted by atomic mass is 19.3. The summed E-state index contributed by atoms with van der Waals surface area (Å²) in [6.45, 7) is 6.69.